The molecular weight excluding hydrogens is 515 g/mol. The molecule has 4 aromatic rings. The van der Waals surface area contributed by atoms with Crippen molar-refractivity contribution in [1.82, 2.24) is 15.0 Å². The molecular formula is C28H23FN8OS. The monoisotopic (exact) mass is 538 g/mol. The predicted molar refractivity (Wildman–Crippen MR) is 151 cm³/mol. The Labute approximate surface area is 227 Å². The number of anilines is 3. The Bertz CT molecular complexity index is 1710. The number of carbonyl (C=O) groups excluding carboxylic acids is 1. The first-order valence-electron chi connectivity index (χ1n) is 12.6. The van der Waals surface area contributed by atoms with Crippen LogP contribution in [0, 0.1) is 11.0 Å². The molecule has 0 saturated carbocycles. The summed E-state index contributed by atoms with van der Waals surface area (Å²) in [5.74, 6) is 0.458. The quantitative estimate of drug-likeness (QED) is 0.347. The highest BCUT2D eigenvalue weighted by Crippen LogP contribution is 2.40. The van der Waals surface area contributed by atoms with Crippen LogP contribution in [0.2, 0.25) is 0 Å². The number of amides is 1. The van der Waals surface area contributed by atoms with E-state index in [9.17, 15) is 9.18 Å². The van der Waals surface area contributed by atoms with Gasteiger partial charge >= 0.3 is 0 Å². The molecule has 1 saturated heterocycles. The van der Waals surface area contributed by atoms with Crippen LogP contribution in [0.3, 0.4) is 0 Å². The van der Waals surface area contributed by atoms with Crippen molar-refractivity contribution >= 4 is 45.9 Å². The van der Waals surface area contributed by atoms with E-state index in [0.717, 1.165) is 67.8 Å². The largest absolute Gasteiger partial charge is 0.342 e. The first-order chi connectivity index (χ1) is 18.9. The normalized spacial score (nSPS) is 16.9. The zero-order valence-corrected chi connectivity index (χ0v) is 22.0. The number of rotatable bonds is 5. The summed E-state index contributed by atoms with van der Waals surface area (Å²) in [7, 11) is 0. The van der Waals surface area contributed by atoms with E-state index in [0.29, 0.717) is 18.1 Å². The van der Waals surface area contributed by atoms with E-state index >= 15 is 0 Å². The van der Waals surface area contributed by atoms with Gasteiger partial charge in [0, 0.05) is 45.4 Å². The number of amidine groups is 1. The summed E-state index contributed by atoms with van der Waals surface area (Å²) in [5, 5.41) is 6.10. The number of thiophene rings is 1. The van der Waals surface area contributed by atoms with E-state index in [2.05, 4.69) is 25.5 Å². The van der Waals surface area contributed by atoms with Crippen LogP contribution in [0.1, 0.15) is 25.0 Å². The molecule has 0 aromatic carbocycles. The van der Waals surface area contributed by atoms with Gasteiger partial charge in [-0.05, 0) is 24.3 Å². The van der Waals surface area contributed by atoms with Crippen molar-refractivity contribution in [2.45, 2.75) is 26.6 Å². The highest BCUT2D eigenvalue weighted by Gasteiger charge is 2.42. The third-order valence-electron chi connectivity index (χ3n) is 6.91. The maximum Gasteiger partial charge on any atom is 0.226 e. The third-order valence-corrected chi connectivity index (χ3v) is 7.81. The first kappa shape index (κ1) is 23.6. The number of pyridine rings is 3. The zero-order chi connectivity index (χ0) is 26.7. The summed E-state index contributed by atoms with van der Waals surface area (Å²) < 4.78 is 13.7. The molecule has 9 nitrogen and oxygen atoms in total. The van der Waals surface area contributed by atoms with Gasteiger partial charge < -0.3 is 15.5 Å². The van der Waals surface area contributed by atoms with E-state index in [-0.39, 0.29) is 23.1 Å². The number of fused-ring (bicyclic) bond motifs is 4. The lowest BCUT2D eigenvalue weighted by molar-refractivity contribution is -0.118. The van der Waals surface area contributed by atoms with Crippen LogP contribution in [-0.4, -0.2) is 45.1 Å². The average Bonchev–Trinajstić information content (AvgIpc) is 3.62. The molecule has 0 bridgehead atoms. The second kappa shape index (κ2) is 9.05. The highest BCUT2D eigenvalue weighted by molar-refractivity contribution is 7.13. The molecule has 3 aliphatic rings. The Hall–Kier alpha value is -4.51. The van der Waals surface area contributed by atoms with Crippen LogP contribution < -0.4 is 15.5 Å². The number of halogens is 1. The van der Waals surface area contributed by atoms with Gasteiger partial charge in [0.1, 0.15) is 11.9 Å². The third kappa shape index (κ3) is 4.24. The number of carbonyl (C=O) groups is 1. The van der Waals surface area contributed by atoms with Crippen LogP contribution in [0.4, 0.5) is 21.5 Å². The van der Waals surface area contributed by atoms with Gasteiger partial charge in [-0.1, -0.05) is 13.8 Å². The number of aliphatic imine (C=N–C) groups is 2. The fraction of sp³-hybridized carbons (Fsp3) is 0.214. The molecule has 11 heteroatoms. The van der Waals surface area contributed by atoms with Gasteiger partial charge in [0.15, 0.2) is 11.0 Å². The number of aromatic nitrogens is 3. The van der Waals surface area contributed by atoms with Crippen molar-refractivity contribution in [3.05, 3.63) is 71.5 Å². The van der Waals surface area contributed by atoms with Gasteiger partial charge in [-0.3, -0.25) is 29.7 Å². The van der Waals surface area contributed by atoms with Crippen LogP contribution in [0.15, 0.2) is 65.2 Å². The van der Waals surface area contributed by atoms with Gasteiger partial charge in [0.25, 0.3) is 0 Å². The minimum absolute atomic E-state index is 0.0702. The first-order valence-corrected chi connectivity index (χ1v) is 13.4. The lowest BCUT2D eigenvalue weighted by Crippen LogP contribution is -2.31. The molecule has 7 rings (SSSR count). The summed E-state index contributed by atoms with van der Waals surface area (Å²) in [6.07, 6.45) is 8.81. The standard InChI is InChI=1S/C28H23FN8OS/c1-14(2)28(38)34-16-5-15(7-30-8-16)20-6-17-22(12-32-20)37-13-25(37)36-26(17)27-33-10-18-19(9-31-11-21(18)35-27)23-3-4-24(29)39-23/h3-9,11-12,14,25H,10,13H2,1-2H3,(H,33,35)(H,34,38). The van der Waals surface area contributed by atoms with Crippen molar-refractivity contribution in [2.24, 2.45) is 15.9 Å². The maximum absolute atomic E-state index is 13.7. The van der Waals surface area contributed by atoms with Gasteiger partial charge in [-0.15, -0.1) is 11.3 Å². The van der Waals surface area contributed by atoms with Gasteiger partial charge in [-0.2, -0.15) is 4.39 Å². The van der Waals surface area contributed by atoms with E-state index in [1.807, 2.05) is 32.2 Å². The Morgan fingerprint density at radius 1 is 1.13 bits per heavy atom. The van der Waals surface area contributed by atoms with Crippen LogP contribution in [-0.2, 0) is 11.3 Å². The summed E-state index contributed by atoms with van der Waals surface area (Å²) in [6, 6.07) is 7.10. The lowest BCUT2D eigenvalue weighted by Gasteiger charge is -2.24. The van der Waals surface area contributed by atoms with Gasteiger partial charge in [-0.25, -0.2) is 0 Å². The molecule has 7 heterocycles. The Morgan fingerprint density at radius 2 is 2.00 bits per heavy atom. The molecule has 3 aliphatic heterocycles. The molecule has 1 atom stereocenters. The fourth-order valence-electron chi connectivity index (χ4n) is 4.76. The summed E-state index contributed by atoms with van der Waals surface area (Å²) in [4.78, 5) is 38.5. The molecule has 0 aliphatic carbocycles. The number of hydrogen-bond donors (Lipinski definition) is 2. The summed E-state index contributed by atoms with van der Waals surface area (Å²) in [5.41, 5.74) is 7.49. The van der Waals surface area contributed by atoms with Crippen molar-refractivity contribution in [3.8, 4) is 21.7 Å². The van der Waals surface area contributed by atoms with Crippen molar-refractivity contribution in [2.75, 3.05) is 22.1 Å². The van der Waals surface area contributed by atoms with Crippen LogP contribution >= 0.6 is 11.3 Å². The molecule has 1 amide bonds. The van der Waals surface area contributed by atoms with Crippen molar-refractivity contribution in [3.63, 3.8) is 0 Å². The number of nitrogens with zero attached hydrogens (tertiary/aromatic N) is 6. The van der Waals surface area contributed by atoms with Crippen molar-refractivity contribution in [1.29, 1.82) is 0 Å². The lowest BCUT2D eigenvalue weighted by atomic mass is 10.0. The molecule has 1 fully saturated rings. The minimum Gasteiger partial charge on any atom is -0.342 e. The van der Waals surface area contributed by atoms with Crippen LogP contribution in [0.25, 0.3) is 21.7 Å². The number of hydrogen-bond acceptors (Lipinski definition) is 9. The second-order valence-corrected chi connectivity index (χ2v) is 10.9. The highest BCUT2D eigenvalue weighted by atomic mass is 32.1. The van der Waals surface area contributed by atoms with E-state index in [1.54, 1.807) is 30.9 Å². The van der Waals surface area contributed by atoms with E-state index in [4.69, 9.17) is 15.0 Å². The van der Waals surface area contributed by atoms with Gasteiger partial charge in [0.2, 0.25) is 5.91 Å². The fourth-order valence-corrected chi connectivity index (χ4v) is 5.53. The molecule has 4 aromatic heterocycles. The maximum atomic E-state index is 13.7. The van der Waals surface area contributed by atoms with E-state index in [1.165, 1.54) is 6.07 Å². The van der Waals surface area contributed by atoms with Crippen LogP contribution in [0.5, 0.6) is 0 Å². The molecule has 39 heavy (non-hydrogen) atoms. The van der Waals surface area contributed by atoms with Crippen molar-refractivity contribution < 1.29 is 9.18 Å². The summed E-state index contributed by atoms with van der Waals surface area (Å²) in [6.45, 7) is 4.95. The Kier molecular flexibility index (Phi) is 5.48. The minimum atomic E-state index is -0.231. The molecule has 194 valence electrons. The SMILES string of the molecule is CC(C)C(=O)Nc1cncc(-c2cc3c(cn2)N2CC2N=C3C2=NCc3c(cncc3-c3ccc(F)s3)N2)c1. The Morgan fingerprint density at radius 3 is 2.82 bits per heavy atom. The molecule has 0 radical (unpaired) electrons. The van der Waals surface area contributed by atoms with Gasteiger partial charge in [0.05, 0.1) is 54.4 Å². The predicted octanol–water partition coefficient (Wildman–Crippen LogP) is 4.97. The van der Waals surface area contributed by atoms with E-state index < -0.39 is 0 Å². The average molecular weight is 539 g/mol. The smallest absolute Gasteiger partial charge is 0.226 e. The zero-order valence-electron chi connectivity index (χ0n) is 21.1. The number of nitrogens with one attached hydrogen (secondary N) is 2. The second-order valence-electron chi connectivity index (χ2n) is 9.91. The Balaban J connectivity index is 1.22. The molecule has 1 unspecified atom stereocenters. The molecule has 0 spiro atoms. The topological polar surface area (TPSA) is 108 Å². The summed E-state index contributed by atoms with van der Waals surface area (Å²) >= 11 is 1.10. The molecule has 2 N–H and O–H groups in total.